The summed E-state index contributed by atoms with van der Waals surface area (Å²) in [5.41, 5.74) is 1.14. The fourth-order valence-electron chi connectivity index (χ4n) is 1.62. The Hall–Kier alpha value is -0.960. The molecule has 1 aromatic rings. The summed E-state index contributed by atoms with van der Waals surface area (Å²) < 4.78 is 24.6. The molecule has 1 N–H and O–H groups in total. The molecule has 16 heavy (non-hydrogen) atoms. The van der Waals surface area contributed by atoms with Gasteiger partial charge in [-0.05, 0) is 18.4 Å². The highest BCUT2D eigenvalue weighted by Gasteiger charge is 2.06. The van der Waals surface area contributed by atoms with Gasteiger partial charge in [0.1, 0.15) is 0 Å². The zero-order chi connectivity index (χ0) is 12.0. The number of benzene rings is 1. The van der Waals surface area contributed by atoms with E-state index in [2.05, 4.69) is 19.2 Å². The lowest BCUT2D eigenvalue weighted by Gasteiger charge is -2.14. The highest BCUT2D eigenvalue weighted by atomic mass is 19.3. The Bertz CT molecular complexity index is 291. The molecular weight excluding hydrogens is 208 g/mol. The van der Waals surface area contributed by atoms with Crippen molar-refractivity contribution in [3.8, 4) is 0 Å². The van der Waals surface area contributed by atoms with Gasteiger partial charge in [-0.1, -0.05) is 38.1 Å². The van der Waals surface area contributed by atoms with E-state index in [1.165, 1.54) is 12.1 Å². The molecule has 1 aromatic carbocycles. The Morgan fingerprint density at radius 3 is 2.06 bits per heavy atom. The predicted molar refractivity (Wildman–Crippen MR) is 62.6 cm³/mol. The van der Waals surface area contributed by atoms with Gasteiger partial charge in [0.25, 0.3) is 6.43 Å². The van der Waals surface area contributed by atoms with Gasteiger partial charge in [0.15, 0.2) is 0 Å². The second kappa shape index (κ2) is 6.59. The first-order valence-corrected chi connectivity index (χ1v) is 5.77. The van der Waals surface area contributed by atoms with Crippen LogP contribution in [-0.2, 0) is 6.54 Å². The number of nitrogens with one attached hydrogen (secondary N) is 1. The quantitative estimate of drug-likeness (QED) is 0.777. The van der Waals surface area contributed by atoms with Crippen molar-refractivity contribution in [2.45, 2.75) is 45.7 Å². The van der Waals surface area contributed by atoms with Gasteiger partial charge in [-0.25, -0.2) is 8.78 Å². The van der Waals surface area contributed by atoms with Gasteiger partial charge in [0, 0.05) is 18.2 Å². The number of hydrogen-bond acceptors (Lipinski definition) is 1. The van der Waals surface area contributed by atoms with Crippen molar-refractivity contribution in [2.24, 2.45) is 0 Å². The van der Waals surface area contributed by atoms with Crippen LogP contribution in [0.25, 0.3) is 0 Å². The van der Waals surface area contributed by atoms with Crippen LogP contribution >= 0.6 is 0 Å². The average Bonchev–Trinajstić information content (AvgIpc) is 2.31. The van der Waals surface area contributed by atoms with Gasteiger partial charge >= 0.3 is 0 Å². The van der Waals surface area contributed by atoms with Crippen LogP contribution in [0.1, 0.15) is 44.2 Å². The van der Waals surface area contributed by atoms with Crippen molar-refractivity contribution >= 4 is 0 Å². The lowest BCUT2D eigenvalue weighted by Crippen LogP contribution is -2.26. The molecule has 0 fully saturated rings. The Balaban J connectivity index is 2.49. The van der Waals surface area contributed by atoms with Gasteiger partial charge in [0.05, 0.1) is 0 Å². The van der Waals surface area contributed by atoms with Crippen LogP contribution in [-0.4, -0.2) is 6.04 Å². The molecule has 1 rings (SSSR count). The highest BCUT2D eigenvalue weighted by molar-refractivity contribution is 5.23. The zero-order valence-corrected chi connectivity index (χ0v) is 9.84. The monoisotopic (exact) mass is 227 g/mol. The smallest absolute Gasteiger partial charge is 0.263 e. The molecule has 0 heterocycles. The van der Waals surface area contributed by atoms with Crippen LogP contribution in [0.5, 0.6) is 0 Å². The summed E-state index contributed by atoms with van der Waals surface area (Å²) in [6.07, 6.45) is -0.196. The topological polar surface area (TPSA) is 12.0 Å². The van der Waals surface area contributed by atoms with E-state index < -0.39 is 6.43 Å². The first-order chi connectivity index (χ1) is 7.67. The average molecular weight is 227 g/mol. The predicted octanol–water partition coefficient (Wildman–Crippen LogP) is 3.90. The van der Waals surface area contributed by atoms with E-state index in [-0.39, 0.29) is 5.56 Å². The maximum atomic E-state index is 12.3. The molecule has 0 aliphatic heterocycles. The molecule has 0 saturated carbocycles. The molecule has 3 heteroatoms. The molecule has 0 aromatic heterocycles. The van der Waals surface area contributed by atoms with E-state index in [0.29, 0.717) is 6.04 Å². The normalized spacial score (nSPS) is 11.4. The van der Waals surface area contributed by atoms with E-state index in [9.17, 15) is 8.78 Å². The van der Waals surface area contributed by atoms with Crippen molar-refractivity contribution in [1.82, 2.24) is 5.32 Å². The van der Waals surface area contributed by atoms with Gasteiger partial charge in [-0.3, -0.25) is 0 Å². The molecule has 0 atom stereocenters. The summed E-state index contributed by atoms with van der Waals surface area (Å²) in [4.78, 5) is 0. The van der Waals surface area contributed by atoms with Crippen LogP contribution in [0.3, 0.4) is 0 Å². The molecule has 0 aliphatic rings. The van der Waals surface area contributed by atoms with Gasteiger partial charge < -0.3 is 5.32 Å². The maximum absolute atomic E-state index is 12.3. The fraction of sp³-hybridized carbons (Fsp3) is 0.538. The van der Waals surface area contributed by atoms with E-state index in [4.69, 9.17) is 0 Å². The van der Waals surface area contributed by atoms with Crippen LogP contribution < -0.4 is 5.32 Å². The van der Waals surface area contributed by atoms with Crippen molar-refractivity contribution in [3.63, 3.8) is 0 Å². The largest absolute Gasteiger partial charge is 0.310 e. The SMILES string of the molecule is CCC(CC)NCc1ccc(C(F)F)cc1. The standard InChI is InChI=1S/C13H19F2N/c1-3-12(4-2)16-9-10-5-7-11(8-6-10)13(14)15/h5-8,12-13,16H,3-4,9H2,1-2H3. The lowest BCUT2D eigenvalue weighted by atomic mass is 10.1. The van der Waals surface area contributed by atoms with Crippen molar-refractivity contribution in [2.75, 3.05) is 0 Å². The molecule has 0 bridgehead atoms. The summed E-state index contributed by atoms with van der Waals surface area (Å²) in [5, 5.41) is 3.40. The molecule has 0 aliphatic carbocycles. The van der Waals surface area contributed by atoms with Crippen LogP contribution in [0, 0.1) is 0 Å². The van der Waals surface area contributed by atoms with Crippen LogP contribution in [0.15, 0.2) is 24.3 Å². The second-order valence-corrected chi connectivity index (χ2v) is 3.94. The fourth-order valence-corrected chi connectivity index (χ4v) is 1.62. The molecule has 0 saturated heterocycles. The zero-order valence-electron chi connectivity index (χ0n) is 9.84. The molecule has 0 unspecified atom stereocenters. The minimum absolute atomic E-state index is 0.0892. The van der Waals surface area contributed by atoms with Crippen molar-refractivity contribution in [1.29, 1.82) is 0 Å². The highest BCUT2D eigenvalue weighted by Crippen LogP contribution is 2.18. The van der Waals surface area contributed by atoms with E-state index >= 15 is 0 Å². The number of hydrogen-bond donors (Lipinski definition) is 1. The number of halogens is 2. The van der Waals surface area contributed by atoms with Crippen LogP contribution in [0.4, 0.5) is 8.78 Å². The minimum Gasteiger partial charge on any atom is -0.310 e. The molecule has 0 spiro atoms. The summed E-state index contributed by atoms with van der Waals surface area (Å²) in [7, 11) is 0. The molecular formula is C13H19F2N. The maximum Gasteiger partial charge on any atom is 0.263 e. The summed E-state index contributed by atoms with van der Waals surface area (Å²) in [5.74, 6) is 0. The Labute approximate surface area is 95.9 Å². The van der Waals surface area contributed by atoms with Crippen LogP contribution in [0.2, 0.25) is 0 Å². The van der Waals surface area contributed by atoms with E-state index in [1.807, 2.05) is 0 Å². The third kappa shape index (κ3) is 3.89. The third-order valence-corrected chi connectivity index (χ3v) is 2.81. The van der Waals surface area contributed by atoms with Gasteiger partial charge in [-0.2, -0.15) is 0 Å². The summed E-state index contributed by atoms with van der Waals surface area (Å²) in [6.45, 7) is 5.03. The number of rotatable bonds is 6. The Morgan fingerprint density at radius 1 is 1.06 bits per heavy atom. The first kappa shape index (κ1) is 13.1. The molecule has 90 valence electrons. The first-order valence-electron chi connectivity index (χ1n) is 5.77. The lowest BCUT2D eigenvalue weighted by molar-refractivity contribution is 0.151. The van der Waals surface area contributed by atoms with Gasteiger partial charge in [-0.15, -0.1) is 0 Å². The van der Waals surface area contributed by atoms with E-state index in [0.717, 1.165) is 24.9 Å². The molecule has 1 nitrogen and oxygen atoms in total. The molecule has 0 radical (unpaired) electrons. The summed E-state index contributed by atoms with van der Waals surface area (Å²) >= 11 is 0. The molecule has 0 amide bonds. The van der Waals surface area contributed by atoms with Crippen molar-refractivity contribution in [3.05, 3.63) is 35.4 Å². The Kier molecular flexibility index (Phi) is 5.39. The van der Waals surface area contributed by atoms with Crippen molar-refractivity contribution < 1.29 is 8.78 Å². The number of alkyl halides is 2. The minimum atomic E-state index is -2.37. The Morgan fingerprint density at radius 2 is 1.62 bits per heavy atom. The summed E-state index contributed by atoms with van der Waals surface area (Å²) in [6, 6.07) is 7.02. The van der Waals surface area contributed by atoms with Gasteiger partial charge in [0.2, 0.25) is 0 Å². The third-order valence-electron chi connectivity index (χ3n) is 2.81. The second-order valence-electron chi connectivity index (χ2n) is 3.94. The van der Waals surface area contributed by atoms with E-state index in [1.54, 1.807) is 12.1 Å².